The minimum absolute atomic E-state index is 0.398. The number of anilines is 1. The zero-order chi connectivity index (χ0) is 24.7. The molecular formula is C29H33N5O. The van der Waals surface area contributed by atoms with Crippen LogP contribution in [-0.2, 0) is 0 Å². The van der Waals surface area contributed by atoms with Crippen LogP contribution in [0.2, 0.25) is 0 Å². The first-order valence-corrected chi connectivity index (χ1v) is 12.3. The fourth-order valence-electron chi connectivity index (χ4n) is 5.38. The van der Waals surface area contributed by atoms with Crippen LogP contribution in [0.25, 0.3) is 33.3 Å². The van der Waals surface area contributed by atoms with Crippen molar-refractivity contribution in [3.05, 3.63) is 71.0 Å². The van der Waals surface area contributed by atoms with Crippen LogP contribution in [0, 0.1) is 20.8 Å². The van der Waals surface area contributed by atoms with Gasteiger partial charge in [-0.05, 0) is 92.7 Å². The summed E-state index contributed by atoms with van der Waals surface area (Å²) in [5, 5.41) is 4.50. The number of piperidine rings is 1. The van der Waals surface area contributed by atoms with Gasteiger partial charge in [0.1, 0.15) is 5.65 Å². The molecular weight excluding hydrogens is 434 g/mol. The highest BCUT2D eigenvalue weighted by atomic mass is 16.1. The smallest absolute Gasteiger partial charge is 0.248 e. The first-order valence-electron chi connectivity index (χ1n) is 12.3. The Morgan fingerprint density at radius 2 is 1.91 bits per heavy atom. The number of nitrogens with one attached hydrogen (secondary N) is 2. The van der Waals surface area contributed by atoms with Crippen LogP contribution in [0.15, 0.2) is 48.8 Å². The summed E-state index contributed by atoms with van der Waals surface area (Å²) in [6.07, 6.45) is 6.38. The summed E-state index contributed by atoms with van der Waals surface area (Å²) in [5.74, 6) is -0.398. The first kappa shape index (κ1) is 23.1. The van der Waals surface area contributed by atoms with E-state index in [1.807, 2.05) is 38.4 Å². The Morgan fingerprint density at radius 1 is 1.09 bits per heavy atom. The van der Waals surface area contributed by atoms with Crippen molar-refractivity contribution in [2.75, 3.05) is 25.0 Å². The van der Waals surface area contributed by atoms with Gasteiger partial charge in [0, 0.05) is 59.3 Å². The highest BCUT2D eigenvalue weighted by Gasteiger charge is 2.20. The van der Waals surface area contributed by atoms with Crippen LogP contribution < -0.4 is 16.0 Å². The van der Waals surface area contributed by atoms with Crippen molar-refractivity contribution in [3.63, 3.8) is 0 Å². The standard InChI is InChI=1S/C29H33N5O/c1-17-12-20(7-10-27(17)34-11-5-6-22(16-34)31-4)21-13-25-26(15-33-29(25)32-14-21)23-8-9-24(28(30)35)19(3)18(23)2/h7-10,12-15,22,31H,5-6,11,16H2,1-4H3,(H2,30,35)(H,32,33)/t22-/m1/s1. The molecule has 0 spiro atoms. The van der Waals surface area contributed by atoms with E-state index in [0.29, 0.717) is 11.6 Å². The number of hydrogen-bond acceptors (Lipinski definition) is 4. The molecule has 0 radical (unpaired) electrons. The van der Waals surface area contributed by atoms with Crippen molar-refractivity contribution < 1.29 is 4.79 Å². The second kappa shape index (κ2) is 9.19. The molecule has 1 saturated heterocycles. The van der Waals surface area contributed by atoms with E-state index in [4.69, 9.17) is 10.7 Å². The predicted octanol–water partition coefficient (Wildman–Crippen LogP) is 5.11. The third-order valence-corrected chi connectivity index (χ3v) is 7.57. The number of aryl methyl sites for hydroxylation is 1. The number of rotatable bonds is 5. The van der Waals surface area contributed by atoms with E-state index in [1.165, 1.54) is 24.1 Å². The molecule has 0 saturated carbocycles. The number of hydrogen-bond donors (Lipinski definition) is 3. The number of nitrogens with zero attached hydrogens (tertiary/aromatic N) is 2. The lowest BCUT2D eigenvalue weighted by Gasteiger charge is -2.35. The van der Waals surface area contributed by atoms with Crippen molar-refractivity contribution >= 4 is 22.6 Å². The number of amides is 1. The number of benzene rings is 2. The van der Waals surface area contributed by atoms with Crippen molar-refractivity contribution in [1.82, 2.24) is 15.3 Å². The molecule has 1 atom stereocenters. The molecule has 0 unspecified atom stereocenters. The van der Waals surface area contributed by atoms with Gasteiger partial charge in [0.2, 0.25) is 5.91 Å². The average Bonchev–Trinajstić information content (AvgIpc) is 3.28. The van der Waals surface area contributed by atoms with Crippen molar-refractivity contribution in [1.29, 1.82) is 0 Å². The normalized spacial score (nSPS) is 16.1. The predicted molar refractivity (Wildman–Crippen MR) is 144 cm³/mol. The van der Waals surface area contributed by atoms with Crippen molar-refractivity contribution in [3.8, 4) is 22.3 Å². The van der Waals surface area contributed by atoms with Crippen molar-refractivity contribution in [2.45, 2.75) is 39.7 Å². The molecule has 0 aliphatic carbocycles. The number of aromatic nitrogens is 2. The number of primary amides is 1. The number of carbonyl (C=O) groups excluding carboxylic acids is 1. The Balaban J connectivity index is 1.51. The molecule has 1 amide bonds. The highest BCUT2D eigenvalue weighted by Crippen LogP contribution is 2.35. The minimum atomic E-state index is -0.398. The van der Waals surface area contributed by atoms with E-state index in [2.05, 4.69) is 53.4 Å². The van der Waals surface area contributed by atoms with E-state index in [0.717, 1.165) is 57.5 Å². The Morgan fingerprint density at radius 3 is 2.66 bits per heavy atom. The van der Waals surface area contributed by atoms with Crippen molar-refractivity contribution in [2.24, 2.45) is 5.73 Å². The summed E-state index contributed by atoms with van der Waals surface area (Å²) in [5.41, 5.74) is 15.9. The topological polar surface area (TPSA) is 87.0 Å². The number of carbonyl (C=O) groups is 1. The molecule has 35 heavy (non-hydrogen) atoms. The number of aromatic amines is 1. The van der Waals surface area contributed by atoms with Crippen LogP contribution in [0.3, 0.4) is 0 Å². The third-order valence-electron chi connectivity index (χ3n) is 7.57. The summed E-state index contributed by atoms with van der Waals surface area (Å²) < 4.78 is 0. The van der Waals surface area contributed by atoms with E-state index >= 15 is 0 Å². The molecule has 2 aromatic heterocycles. The monoisotopic (exact) mass is 467 g/mol. The molecule has 6 nitrogen and oxygen atoms in total. The van der Waals surface area contributed by atoms with Crippen LogP contribution in [0.1, 0.15) is 39.9 Å². The number of likely N-dealkylation sites (N-methyl/N-ethyl adjacent to an activating group) is 1. The van der Waals surface area contributed by atoms with E-state index in [1.54, 1.807) is 0 Å². The molecule has 3 heterocycles. The second-order valence-corrected chi connectivity index (χ2v) is 9.67. The molecule has 4 aromatic rings. The van der Waals surface area contributed by atoms with Gasteiger partial charge in [-0.2, -0.15) is 0 Å². The van der Waals surface area contributed by atoms with Crippen LogP contribution in [0.5, 0.6) is 0 Å². The number of H-pyrrole nitrogens is 1. The zero-order valence-electron chi connectivity index (χ0n) is 20.9. The maximum atomic E-state index is 11.8. The summed E-state index contributed by atoms with van der Waals surface area (Å²) in [7, 11) is 2.05. The lowest BCUT2D eigenvalue weighted by Crippen LogP contribution is -2.44. The van der Waals surface area contributed by atoms with Gasteiger partial charge < -0.3 is 20.9 Å². The highest BCUT2D eigenvalue weighted by molar-refractivity contribution is 5.99. The van der Waals surface area contributed by atoms with Gasteiger partial charge in [-0.3, -0.25) is 4.79 Å². The van der Waals surface area contributed by atoms with E-state index in [-0.39, 0.29) is 0 Å². The van der Waals surface area contributed by atoms with Gasteiger partial charge >= 0.3 is 0 Å². The maximum Gasteiger partial charge on any atom is 0.248 e. The maximum absolute atomic E-state index is 11.8. The minimum Gasteiger partial charge on any atom is -0.370 e. The largest absolute Gasteiger partial charge is 0.370 e. The van der Waals surface area contributed by atoms with Gasteiger partial charge in [0.05, 0.1) is 0 Å². The zero-order valence-corrected chi connectivity index (χ0v) is 20.9. The van der Waals surface area contributed by atoms with E-state index in [9.17, 15) is 4.79 Å². The van der Waals surface area contributed by atoms with Gasteiger partial charge in [-0.15, -0.1) is 0 Å². The van der Waals surface area contributed by atoms with Crippen LogP contribution in [-0.4, -0.2) is 42.1 Å². The summed E-state index contributed by atoms with van der Waals surface area (Å²) in [6, 6.07) is 13.3. The first-order chi connectivity index (χ1) is 16.9. The molecule has 1 aliphatic heterocycles. The summed E-state index contributed by atoms with van der Waals surface area (Å²) in [6.45, 7) is 8.33. The molecule has 5 rings (SSSR count). The quantitative estimate of drug-likeness (QED) is 0.381. The van der Waals surface area contributed by atoms with Gasteiger partial charge in [0.25, 0.3) is 0 Å². The Labute approximate surface area is 206 Å². The molecule has 1 aliphatic rings. The average molecular weight is 468 g/mol. The summed E-state index contributed by atoms with van der Waals surface area (Å²) >= 11 is 0. The lowest BCUT2D eigenvalue weighted by atomic mass is 9.93. The number of nitrogens with two attached hydrogens (primary N) is 1. The fourth-order valence-corrected chi connectivity index (χ4v) is 5.38. The Kier molecular flexibility index (Phi) is 6.07. The SMILES string of the molecule is CN[C@@H]1CCCN(c2ccc(-c3cnc4[nH]cc(-c5ccc(C(N)=O)c(C)c5C)c4c3)cc2C)C1. The van der Waals surface area contributed by atoms with Crippen LogP contribution >= 0.6 is 0 Å². The molecule has 4 N–H and O–H groups in total. The molecule has 0 bridgehead atoms. The molecule has 180 valence electrons. The van der Waals surface area contributed by atoms with Crippen LogP contribution in [0.4, 0.5) is 5.69 Å². The fraction of sp³-hybridized carbons (Fsp3) is 0.310. The Hall–Kier alpha value is -3.64. The van der Waals surface area contributed by atoms with Gasteiger partial charge in [0.15, 0.2) is 0 Å². The molecule has 1 fully saturated rings. The molecule has 6 heteroatoms. The second-order valence-electron chi connectivity index (χ2n) is 9.67. The third kappa shape index (κ3) is 4.19. The van der Waals surface area contributed by atoms with E-state index < -0.39 is 5.91 Å². The number of pyridine rings is 1. The Bertz CT molecular complexity index is 1420. The summed E-state index contributed by atoms with van der Waals surface area (Å²) in [4.78, 5) is 22.3. The number of fused-ring (bicyclic) bond motifs is 1. The van der Waals surface area contributed by atoms with Gasteiger partial charge in [-0.1, -0.05) is 12.1 Å². The lowest BCUT2D eigenvalue weighted by molar-refractivity contribution is 0.0999. The molecule has 2 aromatic carbocycles. The van der Waals surface area contributed by atoms with Gasteiger partial charge in [-0.25, -0.2) is 4.98 Å².